The lowest BCUT2D eigenvalue weighted by molar-refractivity contribution is -0.118. The summed E-state index contributed by atoms with van der Waals surface area (Å²) < 4.78 is 10.7. The van der Waals surface area contributed by atoms with Gasteiger partial charge in [-0.3, -0.25) is 14.6 Å². The van der Waals surface area contributed by atoms with Crippen LogP contribution in [0, 0.1) is 6.92 Å². The van der Waals surface area contributed by atoms with E-state index in [4.69, 9.17) is 9.26 Å². The number of anilines is 1. The summed E-state index contributed by atoms with van der Waals surface area (Å²) in [5.41, 5.74) is 0.828. The van der Waals surface area contributed by atoms with Gasteiger partial charge in [0, 0.05) is 24.2 Å². The summed E-state index contributed by atoms with van der Waals surface area (Å²) in [5.74, 6) is 1.75. The van der Waals surface area contributed by atoms with E-state index in [1.807, 2.05) is 30.3 Å². The molecule has 0 aliphatic carbocycles. The van der Waals surface area contributed by atoms with Crippen LogP contribution in [0.5, 0.6) is 5.75 Å². The molecule has 0 unspecified atom stereocenters. The van der Waals surface area contributed by atoms with Crippen molar-refractivity contribution in [2.24, 2.45) is 0 Å². The van der Waals surface area contributed by atoms with E-state index in [1.54, 1.807) is 19.2 Å². The van der Waals surface area contributed by atoms with Crippen molar-refractivity contribution in [3.05, 3.63) is 48.4 Å². The third-order valence-electron chi connectivity index (χ3n) is 3.86. The lowest BCUT2D eigenvalue weighted by Crippen LogP contribution is -2.28. The largest absolute Gasteiger partial charge is 0.491 e. The van der Waals surface area contributed by atoms with Crippen molar-refractivity contribution < 1.29 is 18.8 Å². The molecule has 2 amide bonds. The summed E-state index contributed by atoms with van der Waals surface area (Å²) in [6, 6.07) is 11.3. The summed E-state index contributed by atoms with van der Waals surface area (Å²) in [6.07, 6.45) is 2.41. The van der Waals surface area contributed by atoms with Crippen molar-refractivity contribution in [3.8, 4) is 5.75 Å². The Hall–Kier alpha value is -3.07. The van der Waals surface area contributed by atoms with Crippen LogP contribution in [-0.4, -0.2) is 46.6 Å². The second-order valence-corrected chi connectivity index (χ2v) is 7.23. The molecule has 3 rings (SSSR count). The van der Waals surface area contributed by atoms with Crippen LogP contribution in [0.1, 0.15) is 12.2 Å². The molecule has 8 nitrogen and oxygen atoms in total. The van der Waals surface area contributed by atoms with E-state index in [9.17, 15) is 9.59 Å². The summed E-state index contributed by atoms with van der Waals surface area (Å²) in [4.78, 5) is 28.0. The Morgan fingerprint density at radius 2 is 2.00 bits per heavy atom. The lowest BCUT2D eigenvalue weighted by Gasteiger charge is -2.09. The van der Waals surface area contributed by atoms with Gasteiger partial charge in [-0.15, -0.1) is 11.8 Å². The van der Waals surface area contributed by atoms with Crippen molar-refractivity contribution in [2.45, 2.75) is 13.3 Å². The molecule has 0 bridgehead atoms. The Labute approximate surface area is 172 Å². The fraction of sp³-hybridized carbons (Fsp3) is 0.300. The van der Waals surface area contributed by atoms with Gasteiger partial charge in [0.2, 0.25) is 11.8 Å². The number of aromatic nitrogens is 2. The zero-order valence-corrected chi connectivity index (χ0v) is 16.8. The van der Waals surface area contributed by atoms with Crippen LogP contribution in [-0.2, 0) is 9.59 Å². The predicted octanol–water partition coefficient (Wildman–Crippen LogP) is 2.79. The number of thioether (sulfide) groups is 1. The second-order valence-electron chi connectivity index (χ2n) is 6.25. The third-order valence-corrected chi connectivity index (χ3v) is 4.79. The minimum atomic E-state index is -0.229. The molecule has 0 spiro atoms. The minimum Gasteiger partial charge on any atom is -0.491 e. The first-order valence-corrected chi connectivity index (χ1v) is 10.3. The smallest absolute Gasteiger partial charge is 0.235 e. The monoisotopic (exact) mass is 414 g/mol. The van der Waals surface area contributed by atoms with Gasteiger partial charge in [-0.25, -0.2) is 0 Å². The number of amides is 2. The SMILES string of the molecule is Cc1cc(NC(=O)CSCC(=O)NCCCOc2cccc3cccnc23)no1. The van der Waals surface area contributed by atoms with Gasteiger partial charge >= 0.3 is 0 Å². The van der Waals surface area contributed by atoms with Crippen LogP contribution in [0.2, 0.25) is 0 Å². The van der Waals surface area contributed by atoms with E-state index in [1.165, 1.54) is 11.8 Å². The number of nitrogens with zero attached hydrogens (tertiary/aromatic N) is 2. The zero-order valence-electron chi connectivity index (χ0n) is 16.0. The molecule has 2 aromatic heterocycles. The molecule has 0 saturated carbocycles. The molecule has 0 radical (unpaired) electrons. The van der Waals surface area contributed by atoms with Crippen LogP contribution in [0.3, 0.4) is 0 Å². The van der Waals surface area contributed by atoms with Crippen LogP contribution < -0.4 is 15.4 Å². The number of aryl methyl sites for hydroxylation is 1. The molecule has 29 heavy (non-hydrogen) atoms. The molecule has 9 heteroatoms. The number of carbonyl (C=O) groups is 2. The summed E-state index contributed by atoms with van der Waals surface area (Å²) in [7, 11) is 0. The number of ether oxygens (including phenoxy) is 1. The van der Waals surface area contributed by atoms with E-state index in [-0.39, 0.29) is 23.3 Å². The molecule has 2 heterocycles. The van der Waals surface area contributed by atoms with Crippen LogP contribution >= 0.6 is 11.8 Å². The Morgan fingerprint density at radius 3 is 2.83 bits per heavy atom. The molecular formula is C20H22N4O4S. The van der Waals surface area contributed by atoms with Gasteiger partial charge < -0.3 is 19.9 Å². The van der Waals surface area contributed by atoms with E-state index < -0.39 is 0 Å². The molecule has 0 fully saturated rings. The zero-order chi connectivity index (χ0) is 20.5. The maximum atomic E-state index is 11.9. The molecule has 2 N–H and O–H groups in total. The second kappa shape index (κ2) is 10.5. The summed E-state index contributed by atoms with van der Waals surface area (Å²) >= 11 is 1.24. The molecule has 0 saturated heterocycles. The highest BCUT2D eigenvalue weighted by atomic mass is 32.2. The van der Waals surface area contributed by atoms with Gasteiger partial charge in [-0.1, -0.05) is 23.4 Å². The average molecular weight is 414 g/mol. The maximum absolute atomic E-state index is 11.9. The Balaban J connectivity index is 1.27. The van der Waals surface area contributed by atoms with Gasteiger partial charge in [-0.05, 0) is 25.5 Å². The van der Waals surface area contributed by atoms with Crippen molar-refractivity contribution >= 4 is 40.3 Å². The van der Waals surface area contributed by atoms with E-state index in [0.29, 0.717) is 31.2 Å². The Kier molecular flexibility index (Phi) is 7.46. The molecule has 1 aromatic carbocycles. The van der Waals surface area contributed by atoms with Crippen LogP contribution in [0.15, 0.2) is 47.1 Å². The topological polar surface area (TPSA) is 106 Å². The lowest BCUT2D eigenvalue weighted by atomic mass is 10.2. The highest BCUT2D eigenvalue weighted by Crippen LogP contribution is 2.22. The molecule has 0 aliphatic heterocycles. The Morgan fingerprint density at radius 1 is 1.17 bits per heavy atom. The van der Waals surface area contributed by atoms with Gasteiger partial charge in [0.15, 0.2) is 5.82 Å². The highest BCUT2D eigenvalue weighted by Gasteiger charge is 2.08. The quantitative estimate of drug-likeness (QED) is 0.491. The first kappa shape index (κ1) is 20.7. The summed E-state index contributed by atoms with van der Waals surface area (Å²) in [5, 5.41) is 10.1. The number of rotatable bonds is 10. The fourth-order valence-electron chi connectivity index (χ4n) is 2.57. The van der Waals surface area contributed by atoms with Gasteiger partial charge in [0.1, 0.15) is 17.0 Å². The van der Waals surface area contributed by atoms with E-state index in [0.717, 1.165) is 16.7 Å². The molecule has 3 aromatic rings. The average Bonchev–Trinajstić information content (AvgIpc) is 3.12. The van der Waals surface area contributed by atoms with Crippen molar-refractivity contribution in [3.63, 3.8) is 0 Å². The predicted molar refractivity (Wildman–Crippen MR) is 112 cm³/mol. The number of hydrogen-bond acceptors (Lipinski definition) is 7. The number of nitrogens with one attached hydrogen (secondary N) is 2. The molecular weight excluding hydrogens is 392 g/mol. The van der Waals surface area contributed by atoms with Gasteiger partial charge in [0.05, 0.1) is 18.1 Å². The number of benzene rings is 1. The van der Waals surface area contributed by atoms with E-state index >= 15 is 0 Å². The molecule has 0 atom stereocenters. The van der Waals surface area contributed by atoms with Crippen LogP contribution in [0.25, 0.3) is 10.9 Å². The first-order valence-electron chi connectivity index (χ1n) is 9.16. The van der Waals surface area contributed by atoms with Gasteiger partial charge in [0.25, 0.3) is 0 Å². The van der Waals surface area contributed by atoms with Crippen molar-refractivity contribution in [1.82, 2.24) is 15.5 Å². The fourth-order valence-corrected chi connectivity index (χ4v) is 3.21. The normalized spacial score (nSPS) is 10.7. The molecule has 152 valence electrons. The highest BCUT2D eigenvalue weighted by molar-refractivity contribution is 8.00. The number of fused-ring (bicyclic) bond motifs is 1. The number of hydrogen-bond donors (Lipinski definition) is 2. The van der Waals surface area contributed by atoms with Crippen molar-refractivity contribution in [1.29, 1.82) is 0 Å². The maximum Gasteiger partial charge on any atom is 0.235 e. The van der Waals surface area contributed by atoms with Crippen molar-refractivity contribution in [2.75, 3.05) is 30.0 Å². The third kappa shape index (κ3) is 6.49. The number of carbonyl (C=O) groups excluding carboxylic acids is 2. The molecule has 0 aliphatic rings. The van der Waals surface area contributed by atoms with Gasteiger partial charge in [-0.2, -0.15) is 0 Å². The minimum absolute atomic E-state index is 0.119. The van der Waals surface area contributed by atoms with E-state index in [2.05, 4.69) is 20.8 Å². The number of pyridine rings is 1. The Bertz CT molecular complexity index is 971. The van der Waals surface area contributed by atoms with Crippen LogP contribution in [0.4, 0.5) is 5.82 Å². The summed E-state index contributed by atoms with van der Waals surface area (Å²) in [6.45, 7) is 2.72. The number of para-hydroxylation sites is 1. The standard InChI is InChI=1S/C20H22N4O4S/c1-14-11-17(24-28-14)23-19(26)13-29-12-18(25)21-9-4-10-27-16-7-2-5-15-6-3-8-22-20(15)16/h2-3,5-8,11H,4,9-10,12-13H2,1H3,(H,21,25)(H,23,24,26). The first-order chi connectivity index (χ1) is 14.1.